The van der Waals surface area contributed by atoms with E-state index in [4.69, 9.17) is 21.9 Å². The normalized spacial score (nSPS) is 19.3. The maximum atomic E-state index is 15.1. The van der Waals surface area contributed by atoms with Crippen LogP contribution in [0.25, 0.3) is 5.57 Å². The highest BCUT2D eigenvalue weighted by molar-refractivity contribution is 5.89. The smallest absolute Gasteiger partial charge is 0.139 e. The van der Waals surface area contributed by atoms with Gasteiger partial charge in [0.25, 0.3) is 0 Å². The van der Waals surface area contributed by atoms with E-state index in [-0.39, 0.29) is 28.3 Å². The molecule has 1 fully saturated rings. The van der Waals surface area contributed by atoms with Gasteiger partial charge in [0.15, 0.2) is 0 Å². The molecule has 1 heterocycles. The minimum Gasteiger partial charge on any atom is -0.397 e. The summed E-state index contributed by atoms with van der Waals surface area (Å²) in [5, 5.41) is 9.83. The van der Waals surface area contributed by atoms with Crippen LogP contribution in [0.1, 0.15) is 43.9 Å². The Balaban J connectivity index is 2.55. The molecular weight excluding hydrogens is 323 g/mol. The van der Waals surface area contributed by atoms with Gasteiger partial charge in [-0.2, -0.15) is 0 Å². The lowest BCUT2D eigenvalue weighted by molar-refractivity contribution is 0.109. The van der Waals surface area contributed by atoms with Crippen LogP contribution in [0.4, 0.5) is 15.8 Å². The maximum Gasteiger partial charge on any atom is 0.139 e. The van der Waals surface area contributed by atoms with Crippen molar-refractivity contribution in [3.63, 3.8) is 0 Å². The van der Waals surface area contributed by atoms with Crippen LogP contribution in [0.3, 0.4) is 0 Å². The van der Waals surface area contributed by atoms with E-state index in [2.05, 4.69) is 11.6 Å². The van der Waals surface area contributed by atoms with E-state index in [1.165, 1.54) is 32.2 Å². The second kappa shape index (κ2) is 7.25. The van der Waals surface area contributed by atoms with E-state index in [0.717, 1.165) is 6.42 Å². The maximum absolute atomic E-state index is 15.1. The molecule has 7 N–H and O–H groups in total. The highest BCUT2D eigenvalue weighted by Crippen LogP contribution is 2.39. The number of anilines is 2. The molecule has 0 saturated carbocycles. The van der Waals surface area contributed by atoms with Gasteiger partial charge in [-0.15, -0.1) is 0 Å². The Morgan fingerprint density at radius 2 is 2.16 bits per heavy atom. The van der Waals surface area contributed by atoms with Crippen molar-refractivity contribution in [2.24, 2.45) is 10.7 Å². The molecule has 1 aliphatic heterocycles. The summed E-state index contributed by atoms with van der Waals surface area (Å²) in [7, 11) is 0. The third-order valence-corrected chi connectivity index (χ3v) is 4.13. The van der Waals surface area contributed by atoms with Crippen molar-refractivity contribution in [3.8, 4) is 0 Å². The molecule has 1 aromatic rings. The van der Waals surface area contributed by atoms with Crippen LogP contribution >= 0.6 is 0 Å². The minimum atomic E-state index is -1.29. The van der Waals surface area contributed by atoms with Crippen molar-refractivity contribution >= 4 is 22.8 Å². The molecule has 0 aromatic heterocycles. The number of nitrogens with zero attached hydrogens (tertiary/aromatic N) is 1. The molecule has 0 spiro atoms. The van der Waals surface area contributed by atoms with Crippen LogP contribution < -0.4 is 17.2 Å². The van der Waals surface area contributed by atoms with Crippen LogP contribution in [0.2, 0.25) is 0 Å². The molecular formula is C18H25FN4O2. The lowest BCUT2D eigenvalue weighted by Gasteiger charge is -2.19. The number of ether oxygens (including phenoxy) is 1. The molecule has 7 heteroatoms. The predicted octanol–water partition coefficient (Wildman–Crippen LogP) is 2.50. The van der Waals surface area contributed by atoms with Crippen molar-refractivity contribution in [2.45, 2.75) is 38.4 Å². The molecule has 0 radical (unpaired) electrons. The van der Waals surface area contributed by atoms with Gasteiger partial charge in [-0.3, -0.25) is 0 Å². The zero-order valence-electron chi connectivity index (χ0n) is 14.6. The average Bonchev–Trinajstić information content (AvgIpc) is 3.05. The molecule has 6 nitrogen and oxygen atoms in total. The first-order chi connectivity index (χ1) is 11.7. The van der Waals surface area contributed by atoms with E-state index < -0.39 is 17.5 Å². The number of hydrogen-bond donors (Lipinski definition) is 4. The van der Waals surface area contributed by atoms with E-state index in [1.807, 2.05) is 0 Å². The molecule has 1 atom stereocenters. The third-order valence-electron chi connectivity index (χ3n) is 4.13. The van der Waals surface area contributed by atoms with E-state index >= 15 is 4.39 Å². The highest BCUT2D eigenvalue weighted by atomic mass is 19.1. The number of rotatable bonds is 5. The average molecular weight is 348 g/mol. The zero-order chi connectivity index (χ0) is 18.8. The Morgan fingerprint density at radius 3 is 2.68 bits per heavy atom. The SMILES string of the molecule is C=C/C(=C\N=C(N)C(C)(C)O)c1cc(N)c(N)c(C2CCCO2)c1F. The monoisotopic (exact) mass is 348 g/mol. The van der Waals surface area contributed by atoms with Crippen molar-refractivity contribution in [3.05, 3.63) is 41.9 Å². The van der Waals surface area contributed by atoms with Gasteiger partial charge in [0.2, 0.25) is 0 Å². The first-order valence-corrected chi connectivity index (χ1v) is 8.04. The van der Waals surface area contributed by atoms with Crippen LogP contribution in [-0.4, -0.2) is 23.2 Å². The molecule has 136 valence electrons. The summed E-state index contributed by atoms with van der Waals surface area (Å²) in [5.74, 6) is -0.517. The van der Waals surface area contributed by atoms with E-state index in [1.54, 1.807) is 0 Å². The minimum absolute atomic E-state index is 0.00461. The summed E-state index contributed by atoms with van der Waals surface area (Å²) in [5.41, 5.74) is 17.7. The molecule has 0 amide bonds. The van der Waals surface area contributed by atoms with E-state index in [0.29, 0.717) is 18.6 Å². The Kier molecular flexibility index (Phi) is 5.49. The predicted molar refractivity (Wildman–Crippen MR) is 99.2 cm³/mol. The number of allylic oxidation sites excluding steroid dienone is 2. The molecule has 2 rings (SSSR count). The lowest BCUT2D eigenvalue weighted by atomic mass is 9.95. The van der Waals surface area contributed by atoms with Gasteiger partial charge in [0, 0.05) is 29.5 Å². The lowest BCUT2D eigenvalue weighted by Crippen LogP contribution is -2.37. The number of hydrogen-bond acceptors (Lipinski definition) is 5. The van der Waals surface area contributed by atoms with E-state index in [9.17, 15) is 5.11 Å². The van der Waals surface area contributed by atoms with Crippen molar-refractivity contribution < 1.29 is 14.2 Å². The zero-order valence-corrected chi connectivity index (χ0v) is 14.6. The molecule has 1 aromatic carbocycles. The second-order valence-corrected chi connectivity index (χ2v) is 6.52. The number of aliphatic imine (C=N–C) groups is 1. The molecule has 25 heavy (non-hydrogen) atoms. The number of benzene rings is 1. The molecule has 1 unspecified atom stereocenters. The second-order valence-electron chi connectivity index (χ2n) is 6.52. The quantitative estimate of drug-likeness (QED) is 0.282. The van der Waals surface area contributed by atoms with Gasteiger partial charge in [-0.25, -0.2) is 9.38 Å². The van der Waals surface area contributed by atoms with Crippen LogP contribution in [0.15, 0.2) is 29.9 Å². The fourth-order valence-electron chi connectivity index (χ4n) is 2.57. The summed E-state index contributed by atoms with van der Waals surface area (Å²) in [6.07, 6.45) is 3.88. The fraction of sp³-hybridized carbons (Fsp3) is 0.389. The summed E-state index contributed by atoms with van der Waals surface area (Å²) < 4.78 is 20.7. The highest BCUT2D eigenvalue weighted by Gasteiger charge is 2.27. The van der Waals surface area contributed by atoms with Gasteiger partial charge >= 0.3 is 0 Å². The number of halogens is 1. The first-order valence-electron chi connectivity index (χ1n) is 8.04. The summed E-state index contributed by atoms with van der Waals surface area (Å²) in [6, 6.07) is 1.44. The largest absolute Gasteiger partial charge is 0.397 e. The Labute approximate surface area is 146 Å². The van der Waals surface area contributed by atoms with Crippen LogP contribution in [0, 0.1) is 5.82 Å². The van der Waals surface area contributed by atoms with Crippen LogP contribution in [0.5, 0.6) is 0 Å². The third kappa shape index (κ3) is 4.00. The number of aliphatic hydroxyl groups is 1. The summed E-state index contributed by atoms with van der Waals surface area (Å²) >= 11 is 0. The number of amidine groups is 1. The summed E-state index contributed by atoms with van der Waals surface area (Å²) in [6.45, 7) is 7.26. The van der Waals surface area contributed by atoms with Crippen molar-refractivity contribution in [1.29, 1.82) is 0 Å². The Morgan fingerprint density at radius 1 is 1.48 bits per heavy atom. The topological polar surface area (TPSA) is 120 Å². The van der Waals surface area contributed by atoms with Gasteiger partial charge in [-0.05, 0) is 32.8 Å². The number of nitrogens with two attached hydrogens (primary N) is 3. The molecule has 0 bridgehead atoms. The first kappa shape index (κ1) is 19.0. The van der Waals surface area contributed by atoms with Gasteiger partial charge < -0.3 is 27.0 Å². The van der Waals surface area contributed by atoms with Crippen molar-refractivity contribution in [2.75, 3.05) is 18.1 Å². The fourth-order valence-corrected chi connectivity index (χ4v) is 2.57. The Hall–Kier alpha value is -2.38. The van der Waals surface area contributed by atoms with Crippen LogP contribution in [-0.2, 0) is 4.74 Å². The molecule has 0 aliphatic carbocycles. The standard InChI is InChI=1S/C18H25FN4O2/c1-4-10(9-23-17(22)18(2,3)24)11-8-12(20)16(21)14(15(11)19)13-6-5-7-25-13/h4,8-9,13,24H,1,5-7,20-21H2,2-3H3,(H2,22,23)/b10-9+. The number of nitrogen functional groups attached to an aromatic ring is 2. The van der Waals surface area contributed by atoms with Gasteiger partial charge in [0.1, 0.15) is 17.3 Å². The van der Waals surface area contributed by atoms with Gasteiger partial charge in [0.05, 0.1) is 17.5 Å². The Bertz CT molecular complexity index is 730. The van der Waals surface area contributed by atoms with Gasteiger partial charge in [-0.1, -0.05) is 12.7 Å². The summed E-state index contributed by atoms with van der Waals surface area (Å²) in [4.78, 5) is 4.00. The molecule has 1 aliphatic rings. The molecule has 1 saturated heterocycles. The van der Waals surface area contributed by atoms with Crippen molar-refractivity contribution in [1.82, 2.24) is 0 Å².